The van der Waals surface area contributed by atoms with E-state index >= 15 is 0 Å². The van der Waals surface area contributed by atoms with E-state index in [2.05, 4.69) is 9.97 Å². The highest BCUT2D eigenvalue weighted by atomic mass is 19.1. The van der Waals surface area contributed by atoms with Crippen molar-refractivity contribution in [2.75, 3.05) is 0 Å². The van der Waals surface area contributed by atoms with Crippen LogP contribution in [0.4, 0.5) is 4.39 Å². The molecule has 0 amide bonds. The fourth-order valence-electron chi connectivity index (χ4n) is 3.46. The number of rotatable bonds is 3. The normalized spacial score (nSPS) is 11.3. The van der Waals surface area contributed by atoms with Gasteiger partial charge in [0.1, 0.15) is 5.82 Å². The van der Waals surface area contributed by atoms with Crippen LogP contribution in [0.3, 0.4) is 0 Å². The summed E-state index contributed by atoms with van der Waals surface area (Å²) < 4.78 is 16.4. The highest BCUT2D eigenvalue weighted by Gasteiger charge is 2.12. The summed E-state index contributed by atoms with van der Waals surface area (Å²) >= 11 is 0. The number of nitrogens with zero attached hydrogens (tertiary/aromatic N) is 3. The smallest absolute Gasteiger partial charge is 0.201 e. The van der Waals surface area contributed by atoms with Crippen LogP contribution in [0.2, 0.25) is 0 Å². The zero-order valence-electron chi connectivity index (χ0n) is 14.9. The second-order valence-corrected chi connectivity index (χ2v) is 6.74. The molecule has 0 atom stereocenters. The number of halogens is 1. The van der Waals surface area contributed by atoms with Gasteiger partial charge in [-0.3, -0.25) is 9.97 Å². The van der Waals surface area contributed by atoms with Crippen molar-refractivity contribution in [3.05, 3.63) is 90.6 Å². The second-order valence-electron chi connectivity index (χ2n) is 6.74. The topological polar surface area (TPSA) is 50.9 Å². The number of para-hydroxylation sites is 1. The molecule has 136 valence electrons. The minimum Gasteiger partial charge on any atom is -0.494 e. The van der Waals surface area contributed by atoms with Crippen molar-refractivity contribution >= 4 is 21.8 Å². The molecule has 0 bridgehead atoms. The van der Waals surface area contributed by atoms with E-state index in [-0.39, 0.29) is 18.2 Å². The lowest BCUT2D eigenvalue weighted by Gasteiger charge is -2.09. The van der Waals surface area contributed by atoms with Crippen molar-refractivity contribution in [3.8, 4) is 17.0 Å². The lowest BCUT2D eigenvalue weighted by atomic mass is 10.0. The Morgan fingerprint density at radius 1 is 0.893 bits per heavy atom. The Morgan fingerprint density at radius 2 is 1.79 bits per heavy atom. The average Bonchev–Trinajstić information content (AvgIpc) is 3.05. The zero-order chi connectivity index (χ0) is 19.1. The fraction of sp³-hybridized carbons (Fsp3) is 0.0435. The molecule has 0 fully saturated rings. The Hall–Kier alpha value is -3.73. The third-order valence-electron chi connectivity index (χ3n) is 4.95. The van der Waals surface area contributed by atoms with Gasteiger partial charge < -0.3 is 9.67 Å². The Balaban J connectivity index is 1.49. The summed E-state index contributed by atoms with van der Waals surface area (Å²) in [6, 6.07) is 18.5. The summed E-state index contributed by atoms with van der Waals surface area (Å²) in [6.07, 6.45) is 5.15. The number of pyridine rings is 2. The van der Waals surface area contributed by atoms with Gasteiger partial charge in [0, 0.05) is 35.1 Å². The molecule has 0 aliphatic rings. The predicted octanol–water partition coefficient (Wildman–Crippen LogP) is 5.14. The number of hydrogen-bond acceptors (Lipinski definition) is 3. The van der Waals surface area contributed by atoms with Gasteiger partial charge in [-0.05, 0) is 35.9 Å². The molecule has 5 rings (SSSR count). The van der Waals surface area contributed by atoms with Gasteiger partial charge in [-0.25, -0.2) is 4.39 Å². The largest absolute Gasteiger partial charge is 0.494 e. The third-order valence-corrected chi connectivity index (χ3v) is 4.95. The molecular formula is C23H16FN3O. The molecule has 0 spiro atoms. The maximum atomic E-state index is 14.8. The SMILES string of the molecule is Oc1c2cccnc2cn1Cc1ccc(-c2cnc3ccccc3c2)cc1F. The summed E-state index contributed by atoms with van der Waals surface area (Å²) in [6.45, 7) is 0.226. The number of fused-ring (bicyclic) bond motifs is 2. The fourth-order valence-corrected chi connectivity index (χ4v) is 3.46. The highest BCUT2D eigenvalue weighted by Crippen LogP contribution is 2.28. The van der Waals surface area contributed by atoms with Gasteiger partial charge in [-0.1, -0.05) is 30.3 Å². The van der Waals surface area contributed by atoms with Crippen LogP contribution < -0.4 is 0 Å². The number of benzene rings is 2. The molecular weight excluding hydrogens is 353 g/mol. The van der Waals surface area contributed by atoms with Crippen LogP contribution in [0.1, 0.15) is 5.56 Å². The van der Waals surface area contributed by atoms with Gasteiger partial charge in [0.25, 0.3) is 0 Å². The summed E-state index contributed by atoms with van der Waals surface area (Å²) in [5.41, 5.74) is 3.71. The van der Waals surface area contributed by atoms with Crippen molar-refractivity contribution in [2.45, 2.75) is 6.54 Å². The summed E-state index contributed by atoms with van der Waals surface area (Å²) in [7, 11) is 0. The molecule has 5 aromatic rings. The zero-order valence-corrected chi connectivity index (χ0v) is 14.9. The van der Waals surface area contributed by atoms with Gasteiger partial charge >= 0.3 is 0 Å². The van der Waals surface area contributed by atoms with E-state index in [9.17, 15) is 9.50 Å². The van der Waals surface area contributed by atoms with Crippen LogP contribution in [0.25, 0.3) is 32.9 Å². The minimum atomic E-state index is -0.323. The van der Waals surface area contributed by atoms with E-state index in [1.807, 2.05) is 36.4 Å². The molecule has 2 aromatic carbocycles. The minimum absolute atomic E-state index is 0.0882. The Labute approximate surface area is 160 Å². The third kappa shape index (κ3) is 2.77. The first-order valence-electron chi connectivity index (χ1n) is 8.95. The quantitative estimate of drug-likeness (QED) is 0.479. The molecule has 4 nitrogen and oxygen atoms in total. The lowest BCUT2D eigenvalue weighted by molar-refractivity contribution is 0.428. The monoisotopic (exact) mass is 369 g/mol. The molecule has 0 unspecified atom stereocenters. The standard InChI is InChI=1S/C23H16FN3O/c24-20-11-15(18-10-16-4-1-2-6-21(16)26-12-18)7-8-17(20)13-27-14-22-19(23(27)28)5-3-9-25-22/h1-12,14,28H,13H2. The van der Waals surface area contributed by atoms with Gasteiger partial charge in [0.2, 0.25) is 5.88 Å². The second kappa shape index (κ2) is 6.46. The van der Waals surface area contributed by atoms with Crippen LogP contribution in [-0.4, -0.2) is 19.6 Å². The Bertz CT molecular complexity index is 1330. The molecule has 0 radical (unpaired) electrons. The summed E-state index contributed by atoms with van der Waals surface area (Å²) in [5, 5.41) is 12.0. The molecule has 3 aromatic heterocycles. The van der Waals surface area contributed by atoms with E-state index in [0.717, 1.165) is 22.0 Å². The number of aromatic nitrogens is 3. The molecule has 0 aliphatic heterocycles. The molecule has 5 heteroatoms. The van der Waals surface area contributed by atoms with Crippen molar-refractivity contribution in [1.82, 2.24) is 14.5 Å². The van der Waals surface area contributed by atoms with Gasteiger partial charge in [-0.15, -0.1) is 0 Å². The number of aromatic hydroxyl groups is 1. The molecule has 0 aliphatic carbocycles. The van der Waals surface area contributed by atoms with Crippen molar-refractivity contribution in [2.24, 2.45) is 0 Å². The molecule has 0 saturated heterocycles. The summed E-state index contributed by atoms with van der Waals surface area (Å²) in [4.78, 5) is 8.67. The Kier molecular flexibility index (Phi) is 3.79. The van der Waals surface area contributed by atoms with E-state index in [1.165, 1.54) is 6.07 Å². The van der Waals surface area contributed by atoms with Gasteiger partial charge in [0.15, 0.2) is 0 Å². The van der Waals surface area contributed by atoms with E-state index in [4.69, 9.17) is 0 Å². The van der Waals surface area contributed by atoms with Crippen molar-refractivity contribution in [3.63, 3.8) is 0 Å². The molecule has 28 heavy (non-hydrogen) atoms. The van der Waals surface area contributed by atoms with Gasteiger partial charge in [-0.2, -0.15) is 0 Å². The first-order valence-corrected chi connectivity index (χ1v) is 8.95. The first-order chi connectivity index (χ1) is 13.7. The van der Waals surface area contributed by atoms with Crippen LogP contribution >= 0.6 is 0 Å². The van der Waals surface area contributed by atoms with Crippen molar-refractivity contribution < 1.29 is 9.50 Å². The van der Waals surface area contributed by atoms with Crippen LogP contribution in [-0.2, 0) is 6.54 Å². The van der Waals surface area contributed by atoms with Gasteiger partial charge in [0.05, 0.1) is 23.0 Å². The van der Waals surface area contributed by atoms with Crippen molar-refractivity contribution in [1.29, 1.82) is 0 Å². The molecule has 1 N–H and O–H groups in total. The average molecular weight is 369 g/mol. The maximum Gasteiger partial charge on any atom is 0.201 e. The van der Waals surface area contributed by atoms with E-state index in [1.54, 1.807) is 41.4 Å². The van der Waals surface area contributed by atoms with Crippen LogP contribution in [0.5, 0.6) is 5.88 Å². The lowest BCUT2D eigenvalue weighted by Crippen LogP contribution is -2.00. The Morgan fingerprint density at radius 3 is 2.64 bits per heavy atom. The van der Waals surface area contributed by atoms with E-state index in [0.29, 0.717) is 16.5 Å². The van der Waals surface area contributed by atoms with Crippen LogP contribution in [0, 0.1) is 5.82 Å². The number of hydrogen-bond donors (Lipinski definition) is 1. The molecule has 3 heterocycles. The van der Waals surface area contributed by atoms with E-state index < -0.39 is 0 Å². The highest BCUT2D eigenvalue weighted by molar-refractivity contribution is 5.84. The summed E-state index contributed by atoms with van der Waals surface area (Å²) in [5.74, 6) is -0.235. The maximum absolute atomic E-state index is 14.8. The predicted molar refractivity (Wildman–Crippen MR) is 108 cm³/mol. The first kappa shape index (κ1) is 16.4. The van der Waals surface area contributed by atoms with Crippen LogP contribution in [0.15, 0.2) is 79.3 Å². The molecule has 0 saturated carbocycles.